The van der Waals surface area contributed by atoms with Crippen molar-refractivity contribution in [3.8, 4) is 11.3 Å². The third kappa shape index (κ3) is 4.73. The molecule has 0 N–H and O–H groups in total. The van der Waals surface area contributed by atoms with Crippen LogP contribution in [0.1, 0.15) is 33.6 Å². The van der Waals surface area contributed by atoms with Crippen LogP contribution in [0.15, 0.2) is 51.9 Å². The Balaban J connectivity index is 2.57. The molecule has 132 valence electrons. The lowest BCUT2D eigenvalue weighted by atomic mass is 10.1. The third-order valence-electron chi connectivity index (χ3n) is 3.60. The number of rotatable bonds is 7. The van der Waals surface area contributed by atoms with Gasteiger partial charge in [-0.05, 0) is 31.9 Å². The molecule has 0 fully saturated rings. The molecule has 1 heterocycles. The zero-order valence-electron chi connectivity index (χ0n) is 14.7. The van der Waals surface area contributed by atoms with E-state index >= 15 is 0 Å². The first-order chi connectivity index (χ1) is 12.0. The van der Waals surface area contributed by atoms with Crippen LogP contribution in [0.5, 0.6) is 0 Å². The number of nitrogens with zero attached hydrogens (tertiary/aromatic N) is 4. The second-order valence-corrected chi connectivity index (χ2v) is 6.50. The van der Waals surface area contributed by atoms with Crippen LogP contribution in [0.25, 0.3) is 11.3 Å². The molecule has 0 atom stereocenters. The largest absolute Gasteiger partial charge is 0.269 e. The molecule has 1 aromatic carbocycles. The Bertz CT molecular complexity index is 854. The first-order valence-corrected chi connectivity index (χ1v) is 9.01. The molecule has 0 bridgehead atoms. The summed E-state index contributed by atoms with van der Waals surface area (Å²) in [6.45, 7) is 10.5. The molecular weight excluding hydrogens is 336 g/mol. The van der Waals surface area contributed by atoms with Gasteiger partial charge in [0.05, 0.1) is 17.2 Å². The van der Waals surface area contributed by atoms with E-state index < -0.39 is 4.92 Å². The highest BCUT2D eigenvalue weighted by Gasteiger charge is 2.11. The molecule has 7 heteroatoms. The van der Waals surface area contributed by atoms with Gasteiger partial charge in [0.1, 0.15) is 0 Å². The fourth-order valence-electron chi connectivity index (χ4n) is 2.19. The minimum absolute atomic E-state index is 0.0732. The molecule has 2 aromatic rings. The predicted molar refractivity (Wildman–Crippen MR) is 103 cm³/mol. The fourth-order valence-corrected chi connectivity index (χ4v) is 3.02. The Kier molecular flexibility index (Phi) is 6.41. The quantitative estimate of drug-likeness (QED) is 0.313. The van der Waals surface area contributed by atoms with Gasteiger partial charge in [-0.1, -0.05) is 26.0 Å². The molecule has 0 amide bonds. The van der Waals surface area contributed by atoms with Gasteiger partial charge in [-0.2, -0.15) is 5.10 Å². The Hall–Kier alpha value is -2.54. The fraction of sp³-hybridized carbons (Fsp3) is 0.333. The number of thiazole rings is 1. The van der Waals surface area contributed by atoms with Gasteiger partial charge in [0.2, 0.25) is 4.80 Å². The van der Waals surface area contributed by atoms with Gasteiger partial charge in [-0.3, -0.25) is 15.1 Å². The van der Waals surface area contributed by atoms with Crippen LogP contribution >= 0.6 is 11.3 Å². The van der Waals surface area contributed by atoms with Crippen LogP contribution in [0.4, 0.5) is 5.69 Å². The number of non-ortho nitro benzene ring substituents is 1. The summed E-state index contributed by atoms with van der Waals surface area (Å²) in [5.74, 6) is 0. The van der Waals surface area contributed by atoms with Gasteiger partial charge in [0.15, 0.2) is 0 Å². The van der Waals surface area contributed by atoms with Crippen LogP contribution in [0, 0.1) is 10.1 Å². The zero-order valence-corrected chi connectivity index (χ0v) is 15.5. The molecule has 0 radical (unpaired) electrons. The van der Waals surface area contributed by atoms with E-state index in [1.807, 2.05) is 17.0 Å². The molecule has 1 aromatic heterocycles. The molecule has 0 unspecified atom stereocenters. The van der Waals surface area contributed by atoms with E-state index in [0.29, 0.717) is 6.54 Å². The molecule has 0 aliphatic heterocycles. The lowest BCUT2D eigenvalue weighted by molar-refractivity contribution is -0.384. The summed E-state index contributed by atoms with van der Waals surface area (Å²) in [7, 11) is 0. The maximum atomic E-state index is 10.8. The van der Waals surface area contributed by atoms with Crippen molar-refractivity contribution in [2.75, 3.05) is 6.54 Å². The smallest absolute Gasteiger partial charge is 0.258 e. The lowest BCUT2D eigenvalue weighted by Gasteiger charge is -2.06. The average Bonchev–Trinajstić information content (AvgIpc) is 3.00. The van der Waals surface area contributed by atoms with E-state index in [2.05, 4.69) is 25.4 Å². The normalized spacial score (nSPS) is 11.4. The molecule has 0 saturated heterocycles. The minimum atomic E-state index is -0.399. The highest BCUT2D eigenvalue weighted by molar-refractivity contribution is 7.07. The number of benzene rings is 1. The summed E-state index contributed by atoms with van der Waals surface area (Å²) >= 11 is 1.50. The van der Waals surface area contributed by atoms with Crippen molar-refractivity contribution in [3.63, 3.8) is 0 Å². The number of nitro benzene ring substituents is 1. The third-order valence-corrected chi connectivity index (χ3v) is 4.46. The molecule has 0 aliphatic rings. The SMILES string of the molecule is C=C(C)CN=c1scc(-c2ccc([N+](=O)[O-])cc2)n1N=C(CC)CC. The van der Waals surface area contributed by atoms with Crippen molar-refractivity contribution in [2.24, 2.45) is 10.1 Å². The summed E-state index contributed by atoms with van der Waals surface area (Å²) in [6.07, 6.45) is 1.72. The second kappa shape index (κ2) is 8.53. The van der Waals surface area contributed by atoms with Gasteiger partial charge in [0.25, 0.3) is 5.69 Å². The molecule has 0 saturated carbocycles. The van der Waals surface area contributed by atoms with Crippen LogP contribution < -0.4 is 4.80 Å². The van der Waals surface area contributed by atoms with Crippen molar-refractivity contribution < 1.29 is 4.92 Å². The molecule has 0 spiro atoms. The Morgan fingerprint density at radius 2 is 1.92 bits per heavy atom. The van der Waals surface area contributed by atoms with Crippen LogP contribution in [0.3, 0.4) is 0 Å². The number of hydrogen-bond acceptors (Lipinski definition) is 5. The summed E-state index contributed by atoms with van der Waals surface area (Å²) in [6, 6.07) is 6.50. The highest BCUT2D eigenvalue weighted by Crippen LogP contribution is 2.23. The standard InChI is InChI=1S/C18H22N4O2S/c1-5-15(6-2)20-21-17(12-25-18(21)19-11-13(3)4)14-7-9-16(10-8-14)22(23)24/h7-10,12H,3,5-6,11H2,1-2,4H3. The topological polar surface area (TPSA) is 72.8 Å². The van der Waals surface area contributed by atoms with E-state index in [9.17, 15) is 10.1 Å². The van der Waals surface area contributed by atoms with Gasteiger partial charge >= 0.3 is 0 Å². The summed E-state index contributed by atoms with van der Waals surface area (Å²) in [4.78, 5) is 15.8. The van der Waals surface area contributed by atoms with Gasteiger partial charge < -0.3 is 0 Å². The van der Waals surface area contributed by atoms with Crippen molar-refractivity contribution in [2.45, 2.75) is 33.6 Å². The number of hydrogen-bond donors (Lipinski definition) is 0. The minimum Gasteiger partial charge on any atom is -0.258 e. The van der Waals surface area contributed by atoms with Crippen LogP contribution in [-0.4, -0.2) is 21.9 Å². The Labute approximate surface area is 151 Å². The van der Waals surface area contributed by atoms with E-state index in [-0.39, 0.29) is 5.69 Å². The van der Waals surface area contributed by atoms with Crippen molar-refractivity contribution in [1.82, 2.24) is 4.68 Å². The summed E-state index contributed by atoms with van der Waals surface area (Å²) in [5.41, 5.74) is 3.86. The number of aromatic nitrogens is 1. The lowest BCUT2D eigenvalue weighted by Crippen LogP contribution is -2.15. The van der Waals surface area contributed by atoms with Gasteiger partial charge in [-0.15, -0.1) is 11.3 Å². The van der Waals surface area contributed by atoms with Crippen molar-refractivity contribution in [1.29, 1.82) is 0 Å². The van der Waals surface area contributed by atoms with E-state index in [1.54, 1.807) is 12.1 Å². The summed E-state index contributed by atoms with van der Waals surface area (Å²) < 4.78 is 1.83. The first-order valence-electron chi connectivity index (χ1n) is 8.13. The molecule has 2 rings (SSSR count). The first kappa shape index (κ1) is 18.8. The predicted octanol–water partition coefficient (Wildman–Crippen LogP) is 4.63. The molecular formula is C18H22N4O2S. The molecule has 6 nitrogen and oxygen atoms in total. The Morgan fingerprint density at radius 1 is 1.28 bits per heavy atom. The monoisotopic (exact) mass is 358 g/mol. The maximum Gasteiger partial charge on any atom is 0.269 e. The van der Waals surface area contributed by atoms with E-state index in [0.717, 1.165) is 40.2 Å². The van der Waals surface area contributed by atoms with Crippen molar-refractivity contribution >= 4 is 22.7 Å². The summed E-state index contributed by atoms with van der Waals surface area (Å²) in [5, 5.41) is 17.6. The van der Waals surface area contributed by atoms with Crippen LogP contribution in [-0.2, 0) is 0 Å². The molecule has 25 heavy (non-hydrogen) atoms. The van der Waals surface area contributed by atoms with Gasteiger partial charge in [0, 0.05) is 28.8 Å². The average molecular weight is 358 g/mol. The van der Waals surface area contributed by atoms with Crippen LogP contribution in [0.2, 0.25) is 0 Å². The van der Waals surface area contributed by atoms with E-state index in [1.165, 1.54) is 23.5 Å². The maximum absolute atomic E-state index is 10.8. The van der Waals surface area contributed by atoms with Gasteiger partial charge in [-0.25, -0.2) is 4.68 Å². The number of nitro groups is 1. The van der Waals surface area contributed by atoms with Crippen molar-refractivity contribution in [3.05, 3.63) is 56.7 Å². The zero-order chi connectivity index (χ0) is 18.4. The highest BCUT2D eigenvalue weighted by atomic mass is 32.1. The van der Waals surface area contributed by atoms with E-state index in [4.69, 9.17) is 5.10 Å². The molecule has 0 aliphatic carbocycles. The Morgan fingerprint density at radius 3 is 2.44 bits per heavy atom. The second-order valence-electron chi connectivity index (χ2n) is 5.67.